The van der Waals surface area contributed by atoms with Crippen LogP contribution in [0.2, 0.25) is 0 Å². The Morgan fingerprint density at radius 3 is 2.40 bits per heavy atom. The first-order chi connectivity index (χ1) is 12.0. The monoisotopic (exact) mass is 367 g/mol. The number of hydrogen-bond acceptors (Lipinski definition) is 5. The van der Waals surface area contributed by atoms with Gasteiger partial charge in [0.2, 0.25) is 0 Å². The molecule has 1 aromatic carbocycles. The number of carbonyl (C=O) groups is 1. The van der Waals surface area contributed by atoms with E-state index in [0.29, 0.717) is 17.9 Å². The Kier molecular flexibility index (Phi) is 5.51. The van der Waals surface area contributed by atoms with E-state index in [0.717, 1.165) is 25.7 Å². The Labute approximate surface area is 149 Å². The van der Waals surface area contributed by atoms with Crippen LogP contribution < -0.4 is 9.47 Å². The third-order valence-electron chi connectivity index (χ3n) is 5.03. The van der Waals surface area contributed by atoms with Gasteiger partial charge in [-0.2, -0.15) is 0 Å². The molecular weight excluding hydrogens is 342 g/mol. The minimum Gasteiger partial charge on any atom is -0.493 e. The molecule has 0 bridgehead atoms. The molecule has 1 amide bonds. The molecule has 2 aliphatic rings. The summed E-state index contributed by atoms with van der Waals surface area (Å²) in [5.74, 6) is 1.20. The first-order valence-electron chi connectivity index (χ1n) is 8.77. The van der Waals surface area contributed by atoms with Crippen LogP contribution in [-0.2, 0) is 14.6 Å². The van der Waals surface area contributed by atoms with Crippen molar-refractivity contribution in [3.8, 4) is 11.5 Å². The number of benzene rings is 1. The van der Waals surface area contributed by atoms with Crippen molar-refractivity contribution in [2.24, 2.45) is 0 Å². The molecule has 1 saturated heterocycles. The molecule has 1 aliphatic heterocycles. The Hall–Kier alpha value is -1.76. The van der Waals surface area contributed by atoms with Crippen molar-refractivity contribution in [2.45, 2.75) is 44.2 Å². The first kappa shape index (κ1) is 18.0. The van der Waals surface area contributed by atoms with E-state index in [1.807, 2.05) is 12.1 Å². The van der Waals surface area contributed by atoms with Gasteiger partial charge in [-0.3, -0.25) is 4.79 Å². The molecule has 138 valence electrons. The topological polar surface area (TPSA) is 72.9 Å². The van der Waals surface area contributed by atoms with Crippen LogP contribution >= 0.6 is 0 Å². The largest absolute Gasteiger partial charge is 0.493 e. The van der Waals surface area contributed by atoms with Gasteiger partial charge in [0.1, 0.15) is 0 Å². The quantitative estimate of drug-likeness (QED) is 0.769. The van der Waals surface area contributed by atoms with Crippen molar-refractivity contribution >= 4 is 15.7 Å². The first-order valence-corrected chi connectivity index (χ1v) is 10.6. The molecule has 25 heavy (non-hydrogen) atoms. The van der Waals surface area contributed by atoms with Gasteiger partial charge in [0.05, 0.1) is 18.6 Å². The predicted octanol–water partition coefficient (Wildman–Crippen LogP) is 2.03. The molecule has 7 heteroatoms. The summed E-state index contributed by atoms with van der Waals surface area (Å²) in [5.41, 5.74) is 0. The van der Waals surface area contributed by atoms with Crippen LogP contribution in [0.15, 0.2) is 24.3 Å². The summed E-state index contributed by atoms with van der Waals surface area (Å²) in [4.78, 5) is 14.7. The van der Waals surface area contributed by atoms with Crippen molar-refractivity contribution in [1.29, 1.82) is 0 Å². The second-order valence-electron chi connectivity index (χ2n) is 6.74. The molecule has 1 saturated carbocycles. The Morgan fingerprint density at radius 2 is 1.80 bits per heavy atom. The molecule has 0 spiro atoms. The summed E-state index contributed by atoms with van der Waals surface area (Å²) in [5, 5.41) is 0. The van der Waals surface area contributed by atoms with Crippen LogP contribution in [0.25, 0.3) is 0 Å². The van der Waals surface area contributed by atoms with Crippen LogP contribution in [0.3, 0.4) is 0 Å². The van der Waals surface area contributed by atoms with Gasteiger partial charge in [-0.1, -0.05) is 25.0 Å². The molecule has 2 fully saturated rings. The lowest BCUT2D eigenvalue weighted by atomic mass is 10.1. The maximum absolute atomic E-state index is 12.9. The standard InChI is InChI=1S/C18H25NO5S/c1-23-16-8-4-5-9-17(16)24-12-18(20)19(14-6-2-3-7-14)15-10-11-25(21,22)13-15/h4-5,8-9,14-15H,2-3,6-7,10-13H2,1H3. The fourth-order valence-corrected chi connectivity index (χ4v) is 5.55. The summed E-state index contributed by atoms with van der Waals surface area (Å²) in [6.45, 7) is -0.104. The van der Waals surface area contributed by atoms with Crippen molar-refractivity contribution in [3.05, 3.63) is 24.3 Å². The number of methoxy groups -OCH3 is 1. The Balaban J connectivity index is 1.71. The normalized spacial score (nSPS) is 22.7. The van der Waals surface area contributed by atoms with E-state index in [1.165, 1.54) is 0 Å². The van der Waals surface area contributed by atoms with Gasteiger partial charge >= 0.3 is 0 Å². The molecule has 0 N–H and O–H groups in total. The maximum Gasteiger partial charge on any atom is 0.261 e. The number of ether oxygens (including phenoxy) is 2. The van der Waals surface area contributed by atoms with Gasteiger partial charge in [-0.05, 0) is 31.4 Å². The van der Waals surface area contributed by atoms with Crippen molar-refractivity contribution < 1.29 is 22.7 Å². The van der Waals surface area contributed by atoms with Crippen LogP contribution in [0, 0.1) is 0 Å². The van der Waals surface area contributed by atoms with E-state index in [2.05, 4.69) is 0 Å². The average molecular weight is 367 g/mol. The van der Waals surface area contributed by atoms with Crippen molar-refractivity contribution in [2.75, 3.05) is 25.2 Å². The van der Waals surface area contributed by atoms with Gasteiger partial charge in [0, 0.05) is 12.1 Å². The predicted molar refractivity (Wildman–Crippen MR) is 94.6 cm³/mol. The molecular formula is C18H25NO5S. The molecule has 3 rings (SSSR count). The minimum atomic E-state index is -3.04. The number of carbonyl (C=O) groups excluding carboxylic acids is 1. The summed E-state index contributed by atoms with van der Waals surface area (Å²) in [6, 6.07) is 7.10. The summed E-state index contributed by atoms with van der Waals surface area (Å²) in [7, 11) is -1.48. The molecule has 6 nitrogen and oxygen atoms in total. The zero-order valence-corrected chi connectivity index (χ0v) is 15.3. The molecule has 1 atom stereocenters. The van der Waals surface area contributed by atoms with E-state index >= 15 is 0 Å². The fourth-order valence-electron chi connectivity index (χ4n) is 3.83. The number of nitrogens with zero attached hydrogens (tertiary/aromatic N) is 1. The maximum atomic E-state index is 12.9. The Morgan fingerprint density at radius 1 is 1.12 bits per heavy atom. The smallest absolute Gasteiger partial charge is 0.261 e. The highest BCUT2D eigenvalue weighted by Crippen LogP contribution is 2.30. The van der Waals surface area contributed by atoms with E-state index < -0.39 is 9.84 Å². The zero-order chi connectivity index (χ0) is 17.9. The van der Waals surface area contributed by atoms with Crippen molar-refractivity contribution in [3.63, 3.8) is 0 Å². The summed E-state index contributed by atoms with van der Waals surface area (Å²) < 4.78 is 34.6. The highest BCUT2D eigenvalue weighted by atomic mass is 32.2. The lowest BCUT2D eigenvalue weighted by molar-refractivity contribution is -0.137. The third kappa shape index (κ3) is 4.26. The summed E-state index contributed by atoms with van der Waals surface area (Å²) >= 11 is 0. The van der Waals surface area contributed by atoms with Crippen LogP contribution in [-0.4, -0.2) is 56.5 Å². The molecule has 1 aromatic rings. The summed E-state index contributed by atoms with van der Waals surface area (Å²) in [6.07, 6.45) is 4.58. The number of sulfone groups is 1. The number of para-hydroxylation sites is 2. The SMILES string of the molecule is COc1ccccc1OCC(=O)N(C1CCCC1)C1CCS(=O)(=O)C1. The van der Waals surface area contributed by atoms with E-state index in [4.69, 9.17) is 9.47 Å². The molecule has 1 unspecified atom stereocenters. The molecule has 0 aromatic heterocycles. The van der Waals surface area contributed by atoms with Crippen LogP contribution in [0.4, 0.5) is 0 Å². The number of amides is 1. The van der Waals surface area contributed by atoms with Gasteiger partial charge in [-0.15, -0.1) is 0 Å². The molecule has 0 radical (unpaired) electrons. The Bertz CT molecular complexity index is 712. The number of rotatable bonds is 6. The van der Waals surface area contributed by atoms with Crippen LogP contribution in [0.5, 0.6) is 11.5 Å². The highest BCUT2D eigenvalue weighted by Gasteiger charge is 2.39. The fraction of sp³-hybridized carbons (Fsp3) is 0.611. The van der Waals surface area contributed by atoms with Gasteiger partial charge in [0.15, 0.2) is 27.9 Å². The minimum absolute atomic E-state index is 0.0733. The van der Waals surface area contributed by atoms with Gasteiger partial charge in [0.25, 0.3) is 5.91 Å². The average Bonchev–Trinajstić information content (AvgIpc) is 3.23. The highest BCUT2D eigenvalue weighted by molar-refractivity contribution is 7.91. The lowest BCUT2D eigenvalue weighted by Crippen LogP contribution is -2.48. The van der Waals surface area contributed by atoms with Crippen LogP contribution in [0.1, 0.15) is 32.1 Å². The van der Waals surface area contributed by atoms with Gasteiger partial charge < -0.3 is 14.4 Å². The second kappa shape index (κ2) is 7.64. The third-order valence-corrected chi connectivity index (χ3v) is 6.78. The van der Waals surface area contributed by atoms with Gasteiger partial charge in [-0.25, -0.2) is 8.42 Å². The van der Waals surface area contributed by atoms with E-state index in [9.17, 15) is 13.2 Å². The molecule has 1 heterocycles. The zero-order valence-electron chi connectivity index (χ0n) is 14.5. The lowest BCUT2D eigenvalue weighted by Gasteiger charge is -2.34. The van der Waals surface area contributed by atoms with E-state index in [-0.39, 0.29) is 36.1 Å². The molecule has 1 aliphatic carbocycles. The number of hydrogen-bond donors (Lipinski definition) is 0. The van der Waals surface area contributed by atoms with Crippen molar-refractivity contribution in [1.82, 2.24) is 4.90 Å². The van der Waals surface area contributed by atoms with E-state index in [1.54, 1.807) is 24.1 Å². The second-order valence-corrected chi connectivity index (χ2v) is 8.96.